The number of nitrogens with zero attached hydrogens (tertiary/aromatic N) is 2. The van der Waals surface area contributed by atoms with Crippen LogP contribution in [0.2, 0.25) is 0 Å². The van der Waals surface area contributed by atoms with Gasteiger partial charge in [0.25, 0.3) is 5.69 Å². The minimum absolute atomic E-state index is 0.0671. The van der Waals surface area contributed by atoms with Gasteiger partial charge in [-0.3, -0.25) is 14.9 Å². The number of halogens is 1. The summed E-state index contributed by atoms with van der Waals surface area (Å²) >= 11 is 3.15. The molecule has 0 atom stereocenters. The molecule has 0 bridgehead atoms. The molecule has 1 aromatic heterocycles. The summed E-state index contributed by atoms with van der Waals surface area (Å²) in [5.74, 6) is -0.400. The van der Waals surface area contributed by atoms with E-state index in [4.69, 9.17) is 5.11 Å². The predicted octanol–water partition coefficient (Wildman–Crippen LogP) is 2.03. The van der Waals surface area contributed by atoms with E-state index in [1.54, 1.807) is 0 Å². The summed E-state index contributed by atoms with van der Waals surface area (Å²) < 4.78 is 0.474. The van der Waals surface area contributed by atoms with Crippen LogP contribution in [0.4, 0.5) is 11.5 Å². The molecule has 1 heterocycles. The molecule has 17 heavy (non-hydrogen) atoms. The second-order valence-corrected chi connectivity index (χ2v) is 4.06. The molecule has 1 rings (SSSR count). The van der Waals surface area contributed by atoms with Gasteiger partial charge in [0.15, 0.2) is 0 Å². The number of nitro groups is 1. The molecule has 0 saturated carbocycles. The summed E-state index contributed by atoms with van der Waals surface area (Å²) in [6, 6.07) is 1.34. The van der Waals surface area contributed by atoms with Crippen LogP contribution >= 0.6 is 15.9 Å². The van der Waals surface area contributed by atoms with Crippen molar-refractivity contribution in [2.45, 2.75) is 12.8 Å². The molecule has 0 aliphatic rings. The lowest BCUT2D eigenvalue weighted by Gasteiger charge is -2.05. The minimum atomic E-state index is -0.859. The highest BCUT2D eigenvalue weighted by atomic mass is 79.9. The van der Waals surface area contributed by atoms with Gasteiger partial charge in [0.2, 0.25) is 0 Å². The summed E-state index contributed by atoms with van der Waals surface area (Å²) in [5.41, 5.74) is -0.104. The standard InChI is InChI=1S/C9H10BrN3O4/c10-7-4-6(13(16)17)5-12-9(7)11-3-1-2-8(14)15/h4-5H,1-3H2,(H,11,12)(H,14,15). The number of hydrogen-bond donors (Lipinski definition) is 2. The normalized spacial score (nSPS) is 9.94. The van der Waals surface area contributed by atoms with Gasteiger partial charge in [-0.25, -0.2) is 4.98 Å². The Balaban J connectivity index is 2.54. The summed E-state index contributed by atoms with van der Waals surface area (Å²) in [5, 5.41) is 21.8. The molecule has 0 radical (unpaired) electrons. The number of rotatable bonds is 6. The quantitative estimate of drug-likeness (QED) is 0.473. The van der Waals surface area contributed by atoms with Gasteiger partial charge in [-0.1, -0.05) is 0 Å². The molecule has 0 aromatic carbocycles. The molecule has 0 unspecified atom stereocenters. The maximum atomic E-state index is 10.5. The highest BCUT2D eigenvalue weighted by Gasteiger charge is 2.10. The van der Waals surface area contributed by atoms with Crippen molar-refractivity contribution < 1.29 is 14.8 Å². The highest BCUT2D eigenvalue weighted by molar-refractivity contribution is 9.10. The zero-order valence-electron chi connectivity index (χ0n) is 8.72. The van der Waals surface area contributed by atoms with E-state index in [1.165, 1.54) is 6.07 Å². The first kappa shape index (κ1) is 13.4. The van der Waals surface area contributed by atoms with E-state index in [9.17, 15) is 14.9 Å². The van der Waals surface area contributed by atoms with E-state index in [2.05, 4.69) is 26.2 Å². The number of carboxylic acid groups (broad SMARTS) is 1. The van der Waals surface area contributed by atoms with E-state index in [0.717, 1.165) is 6.20 Å². The summed E-state index contributed by atoms with van der Waals surface area (Å²) in [7, 11) is 0. The van der Waals surface area contributed by atoms with Crippen molar-refractivity contribution in [2.75, 3.05) is 11.9 Å². The van der Waals surface area contributed by atoms with E-state index in [0.29, 0.717) is 23.3 Å². The first-order chi connectivity index (χ1) is 8.00. The average Bonchev–Trinajstić information content (AvgIpc) is 2.25. The average molecular weight is 304 g/mol. The number of carbonyl (C=O) groups is 1. The number of aromatic nitrogens is 1. The smallest absolute Gasteiger partial charge is 0.303 e. The third-order valence-corrected chi connectivity index (χ3v) is 2.50. The molecule has 2 N–H and O–H groups in total. The van der Waals surface area contributed by atoms with Crippen molar-refractivity contribution in [3.05, 3.63) is 26.9 Å². The van der Waals surface area contributed by atoms with Crippen LogP contribution in [0.25, 0.3) is 0 Å². The molecule has 0 aliphatic carbocycles. The third-order valence-electron chi connectivity index (χ3n) is 1.90. The monoisotopic (exact) mass is 303 g/mol. The Morgan fingerprint density at radius 3 is 2.88 bits per heavy atom. The first-order valence-electron chi connectivity index (χ1n) is 4.76. The van der Waals surface area contributed by atoms with Crippen LogP contribution in [0.3, 0.4) is 0 Å². The van der Waals surface area contributed by atoms with Crippen molar-refractivity contribution in [1.29, 1.82) is 0 Å². The Morgan fingerprint density at radius 2 is 2.35 bits per heavy atom. The van der Waals surface area contributed by atoms with Crippen molar-refractivity contribution in [2.24, 2.45) is 0 Å². The number of nitrogens with one attached hydrogen (secondary N) is 1. The summed E-state index contributed by atoms with van der Waals surface area (Å²) in [6.07, 6.45) is 1.67. The molecule has 92 valence electrons. The summed E-state index contributed by atoms with van der Waals surface area (Å²) in [6.45, 7) is 0.440. The van der Waals surface area contributed by atoms with Gasteiger partial charge >= 0.3 is 5.97 Å². The predicted molar refractivity (Wildman–Crippen MR) is 64.0 cm³/mol. The molecule has 0 fully saturated rings. The van der Waals surface area contributed by atoms with E-state index >= 15 is 0 Å². The van der Waals surface area contributed by atoms with Gasteiger partial charge in [0, 0.05) is 19.0 Å². The van der Waals surface area contributed by atoms with Gasteiger partial charge < -0.3 is 10.4 Å². The summed E-state index contributed by atoms with van der Waals surface area (Å²) in [4.78, 5) is 24.1. The van der Waals surface area contributed by atoms with E-state index < -0.39 is 10.9 Å². The van der Waals surface area contributed by atoms with Crippen LogP contribution in [0.15, 0.2) is 16.7 Å². The number of anilines is 1. The number of carboxylic acids is 1. The minimum Gasteiger partial charge on any atom is -0.481 e. The SMILES string of the molecule is O=C(O)CCCNc1ncc([N+](=O)[O-])cc1Br. The largest absolute Gasteiger partial charge is 0.481 e. The van der Waals surface area contributed by atoms with Crippen LogP contribution in [0.1, 0.15) is 12.8 Å². The van der Waals surface area contributed by atoms with Crippen molar-refractivity contribution in [1.82, 2.24) is 4.98 Å². The highest BCUT2D eigenvalue weighted by Crippen LogP contribution is 2.24. The lowest BCUT2D eigenvalue weighted by Crippen LogP contribution is -2.06. The van der Waals surface area contributed by atoms with E-state index in [1.807, 2.05) is 0 Å². The van der Waals surface area contributed by atoms with Crippen LogP contribution in [-0.2, 0) is 4.79 Å². The Kier molecular flexibility index (Phi) is 4.83. The van der Waals surface area contributed by atoms with Gasteiger partial charge in [-0.05, 0) is 22.4 Å². The van der Waals surface area contributed by atoms with Gasteiger partial charge in [0.05, 0.1) is 9.40 Å². The third kappa shape index (κ3) is 4.35. The molecule has 7 nitrogen and oxygen atoms in total. The Bertz CT molecular complexity index is 438. The first-order valence-corrected chi connectivity index (χ1v) is 5.55. The van der Waals surface area contributed by atoms with Crippen LogP contribution in [-0.4, -0.2) is 27.5 Å². The molecule has 8 heteroatoms. The van der Waals surface area contributed by atoms with Gasteiger partial charge in [0.1, 0.15) is 12.0 Å². The van der Waals surface area contributed by atoms with Gasteiger partial charge in [-0.2, -0.15) is 0 Å². The molecule has 0 aliphatic heterocycles. The Morgan fingerprint density at radius 1 is 1.65 bits per heavy atom. The zero-order chi connectivity index (χ0) is 12.8. The van der Waals surface area contributed by atoms with Crippen LogP contribution < -0.4 is 5.32 Å². The molecular weight excluding hydrogens is 294 g/mol. The lowest BCUT2D eigenvalue weighted by molar-refractivity contribution is -0.385. The number of pyridine rings is 1. The van der Waals surface area contributed by atoms with E-state index in [-0.39, 0.29) is 12.1 Å². The molecule has 0 amide bonds. The second kappa shape index (κ2) is 6.14. The molecule has 0 spiro atoms. The second-order valence-electron chi connectivity index (χ2n) is 3.21. The lowest BCUT2D eigenvalue weighted by atomic mass is 10.3. The van der Waals surface area contributed by atoms with Crippen molar-refractivity contribution >= 4 is 33.4 Å². The zero-order valence-corrected chi connectivity index (χ0v) is 10.3. The van der Waals surface area contributed by atoms with Gasteiger partial charge in [-0.15, -0.1) is 0 Å². The van der Waals surface area contributed by atoms with Crippen molar-refractivity contribution in [3.63, 3.8) is 0 Å². The van der Waals surface area contributed by atoms with Crippen LogP contribution in [0, 0.1) is 10.1 Å². The number of hydrogen-bond acceptors (Lipinski definition) is 5. The fourth-order valence-electron chi connectivity index (χ4n) is 1.10. The molecular formula is C9H10BrN3O4. The van der Waals surface area contributed by atoms with Crippen LogP contribution in [0.5, 0.6) is 0 Å². The Labute approximate surface area is 105 Å². The number of aliphatic carboxylic acids is 1. The topological polar surface area (TPSA) is 105 Å². The maximum absolute atomic E-state index is 10.5. The molecule has 1 aromatic rings. The van der Waals surface area contributed by atoms with Crippen molar-refractivity contribution in [3.8, 4) is 0 Å². The Hall–Kier alpha value is -1.70. The molecule has 0 saturated heterocycles. The fourth-order valence-corrected chi connectivity index (χ4v) is 1.58. The maximum Gasteiger partial charge on any atom is 0.303 e. The fraction of sp³-hybridized carbons (Fsp3) is 0.333.